The summed E-state index contributed by atoms with van der Waals surface area (Å²) in [5, 5.41) is 13.0. The first kappa shape index (κ1) is 16.0. The van der Waals surface area contributed by atoms with Gasteiger partial charge in [-0.1, -0.05) is 29.2 Å². The van der Waals surface area contributed by atoms with Crippen molar-refractivity contribution in [1.82, 2.24) is 15.2 Å². The van der Waals surface area contributed by atoms with Crippen molar-refractivity contribution in [3.05, 3.63) is 66.0 Å². The minimum absolute atomic E-state index is 0.255. The molecule has 4 aromatic rings. The molecule has 0 spiro atoms. The molecular weight excluding hydrogens is 359 g/mol. The largest absolute Gasteiger partial charge is 0.467 e. The summed E-state index contributed by atoms with van der Waals surface area (Å²) < 4.78 is 19.9. The van der Waals surface area contributed by atoms with Crippen LogP contribution in [0.25, 0.3) is 10.9 Å². The highest BCUT2D eigenvalue weighted by Crippen LogP contribution is 2.30. The Morgan fingerprint density at radius 1 is 1.20 bits per heavy atom. The molecule has 4 rings (SSSR count). The summed E-state index contributed by atoms with van der Waals surface area (Å²) in [4.78, 5) is 4.36. The molecule has 25 heavy (non-hydrogen) atoms. The monoisotopic (exact) mass is 372 g/mol. The zero-order valence-corrected chi connectivity index (χ0v) is 14.6. The molecule has 126 valence electrons. The molecule has 0 aliphatic heterocycles. The number of hydrogen-bond acceptors (Lipinski definition) is 7. The predicted octanol–water partition coefficient (Wildman–Crippen LogP) is 4.72. The number of furan rings is 1. The molecule has 0 saturated carbocycles. The van der Waals surface area contributed by atoms with Gasteiger partial charge in [-0.2, -0.15) is 0 Å². The van der Waals surface area contributed by atoms with Crippen molar-refractivity contribution >= 4 is 39.1 Å². The van der Waals surface area contributed by atoms with Crippen molar-refractivity contribution in [2.45, 2.75) is 16.6 Å². The minimum Gasteiger partial charge on any atom is -0.467 e. The van der Waals surface area contributed by atoms with Gasteiger partial charge in [0, 0.05) is 17.3 Å². The van der Waals surface area contributed by atoms with Crippen molar-refractivity contribution in [2.75, 3.05) is 5.32 Å². The van der Waals surface area contributed by atoms with Crippen molar-refractivity contribution in [3.63, 3.8) is 0 Å². The summed E-state index contributed by atoms with van der Waals surface area (Å²) >= 11 is 2.97. The number of pyridine rings is 1. The molecule has 0 saturated heterocycles. The molecule has 0 aliphatic rings. The van der Waals surface area contributed by atoms with E-state index in [2.05, 4.69) is 20.5 Å². The maximum Gasteiger partial charge on any atom is 0.206 e. The Balaban J connectivity index is 1.43. The molecule has 1 aromatic carbocycles. The van der Waals surface area contributed by atoms with Crippen LogP contribution >= 0.6 is 23.1 Å². The third kappa shape index (κ3) is 3.80. The summed E-state index contributed by atoms with van der Waals surface area (Å²) in [6.07, 6.45) is 3.35. The number of anilines is 1. The second-order valence-electron chi connectivity index (χ2n) is 5.23. The molecule has 3 heterocycles. The van der Waals surface area contributed by atoms with E-state index in [-0.39, 0.29) is 5.82 Å². The van der Waals surface area contributed by atoms with Gasteiger partial charge in [0.25, 0.3) is 0 Å². The highest BCUT2D eigenvalue weighted by Gasteiger charge is 2.09. The highest BCUT2D eigenvalue weighted by molar-refractivity contribution is 8.00. The number of rotatable bonds is 6. The zero-order chi connectivity index (χ0) is 17.1. The van der Waals surface area contributed by atoms with Crippen LogP contribution in [0.5, 0.6) is 0 Å². The van der Waals surface area contributed by atoms with Crippen LogP contribution in [0, 0.1) is 5.82 Å². The number of halogens is 1. The summed E-state index contributed by atoms with van der Waals surface area (Å²) in [6.45, 7) is 0.560. The molecule has 1 N–H and O–H groups in total. The first-order valence-electron chi connectivity index (χ1n) is 7.53. The van der Waals surface area contributed by atoms with E-state index in [1.807, 2.05) is 18.2 Å². The zero-order valence-electron chi connectivity index (χ0n) is 13.0. The number of benzene rings is 1. The summed E-state index contributed by atoms with van der Waals surface area (Å²) in [5.74, 6) is 1.16. The average Bonchev–Trinajstić information content (AvgIpc) is 3.29. The summed E-state index contributed by atoms with van der Waals surface area (Å²) in [6, 6.07) is 10.4. The Bertz CT molecular complexity index is 987. The van der Waals surface area contributed by atoms with Crippen LogP contribution in [0.2, 0.25) is 0 Å². The van der Waals surface area contributed by atoms with Gasteiger partial charge in [0.05, 0.1) is 18.3 Å². The lowest BCUT2D eigenvalue weighted by Gasteiger charge is -2.04. The van der Waals surface area contributed by atoms with Crippen LogP contribution in [-0.2, 0) is 12.3 Å². The molecular formula is C17H13FN4OS2. The van der Waals surface area contributed by atoms with E-state index in [9.17, 15) is 4.39 Å². The maximum absolute atomic E-state index is 13.8. The standard InChI is InChI=1S/C17H13FN4OS2/c18-13-7-11-3-1-5-19-15(11)12(8-13)10-24-17-22-21-16(25-17)20-9-14-4-2-6-23-14/h1-8H,9-10H2,(H,20,21). The second-order valence-corrected chi connectivity index (χ2v) is 7.43. The van der Waals surface area contributed by atoms with Gasteiger partial charge < -0.3 is 9.73 Å². The highest BCUT2D eigenvalue weighted by atomic mass is 32.2. The molecule has 0 unspecified atom stereocenters. The number of hydrogen-bond donors (Lipinski definition) is 1. The van der Waals surface area contributed by atoms with Crippen LogP contribution in [0.4, 0.5) is 9.52 Å². The smallest absolute Gasteiger partial charge is 0.206 e. The van der Waals surface area contributed by atoms with Gasteiger partial charge in [0.2, 0.25) is 5.13 Å². The normalized spacial score (nSPS) is 11.1. The Morgan fingerprint density at radius 2 is 2.16 bits per heavy atom. The number of fused-ring (bicyclic) bond motifs is 1. The summed E-state index contributed by atoms with van der Waals surface area (Å²) in [5.41, 5.74) is 1.66. The maximum atomic E-state index is 13.8. The predicted molar refractivity (Wildman–Crippen MR) is 97.2 cm³/mol. The third-order valence-corrected chi connectivity index (χ3v) is 5.56. The van der Waals surface area contributed by atoms with Gasteiger partial charge in [0.15, 0.2) is 4.34 Å². The first-order valence-corrected chi connectivity index (χ1v) is 9.34. The number of nitrogens with one attached hydrogen (secondary N) is 1. The van der Waals surface area contributed by atoms with E-state index < -0.39 is 0 Å². The van der Waals surface area contributed by atoms with Crippen LogP contribution in [-0.4, -0.2) is 15.2 Å². The van der Waals surface area contributed by atoms with Gasteiger partial charge in [-0.25, -0.2) is 4.39 Å². The van der Waals surface area contributed by atoms with Crippen LogP contribution in [0.1, 0.15) is 11.3 Å². The molecule has 0 aliphatic carbocycles. The molecule has 0 bridgehead atoms. The van der Waals surface area contributed by atoms with Crippen molar-refractivity contribution in [1.29, 1.82) is 0 Å². The minimum atomic E-state index is -0.255. The van der Waals surface area contributed by atoms with Gasteiger partial charge in [-0.3, -0.25) is 4.98 Å². The molecule has 8 heteroatoms. The van der Waals surface area contributed by atoms with E-state index in [0.717, 1.165) is 31.7 Å². The SMILES string of the molecule is Fc1cc(CSc2nnc(NCc3ccco3)s2)c2ncccc2c1. The lowest BCUT2D eigenvalue weighted by molar-refractivity contribution is 0.518. The van der Waals surface area contributed by atoms with Crippen LogP contribution < -0.4 is 5.32 Å². The number of aromatic nitrogens is 3. The first-order chi connectivity index (χ1) is 12.3. The topological polar surface area (TPSA) is 63.8 Å². The van der Waals surface area contributed by atoms with Gasteiger partial charge in [0.1, 0.15) is 11.6 Å². The Hall–Kier alpha value is -2.45. The molecule has 5 nitrogen and oxygen atoms in total. The Morgan fingerprint density at radius 3 is 3.04 bits per heavy atom. The van der Waals surface area contributed by atoms with E-state index in [1.165, 1.54) is 35.2 Å². The lowest BCUT2D eigenvalue weighted by atomic mass is 10.1. The molecule has 0 atom stereocenters. The fourth-order valence-corrected chi connectivity index (χ4v) is 4.11. The van der Waals surface area contributed by atoms with Crippen LogP contribution in [0.15, 0.2) is 57.6 Å². The fraction of sp³-hybridized carbons (Fsp3) is 0.118. The van der Waals surface area contributed by atoms with Gasteiger partial charge in [-0.05, 0) is 35.9 Å². The van der Waals surface area contributed by atoms with Crippen LogP contribution in [0.3, 0.4) is 0 Å². The molecule has 0 radical (unpaired) electrons. The number of nitrogens with zero attached hydrogens (tertiary/aromatic N) is 3. The molecule has 0 fully saturated rings. The van der Waals surface area contributed by atoms with E-state index in [0.29, 0.717) is 12.3 Å². The van der Waals surface area contributed by atoms with Gasteiger partial charge in [-0.15, -0.1) is 10.2 Å². The van der Waals surface area contributed by atoms with Crippen molar-refractivity contribution < 1.29 is 8.81 Å². The second kappa shape index (κ2) is 7.20. The quantitative estimate of drug-likeness (QED) is 0.494. The molecule has 3 aromatic heterocycles. The molecule has 0 amide bonds. The van der Waals surface area contributed by atoms with Gasteiger partial charge >= 0.3 is 0 Å². The fourth-order valence-electron chi connectivity index (χ4n) is 2.39. The Labute approximate surface area is 151 Å². The van der Waals surface area contributed by atoms with E-state index >= 15 is 0 Å². The third-order valence-electron chi connectivity index (χ3n) is 3.50. The average molecular weight is 372 g/mol. The Kier molecular flexibility index (Phi) is 4.62. The number of thioether (sulfide) groups is 1. The van der Waals surface area contributed by atoms with E-state index in [4.69, 9.17) is 4.42 Å². The van der Waals surface area contributed by atoms with E-state index in [1.54, 1.807) is 18.5 Å². The lowest BCUT2D eigenvalue weighted by Crippen LogP contribution is -1.96. The van der Waals surface area contributed by atoms with Crippen molar-refractivity contribution in [2.24, 2.45) is 0 Å². The van der Waals surface area contributed by atoms with Crippen molar-refractivity contribution in [3.8, 4) is 0 Å². The summed E-state index contributed by atoms with van der Waals surface area (Å²) in [7, 11) is 0.